The summed E-state index contributed by atoms with van der Waals surface area (Å²) < 4.78 is 0. The van der Waals surface area contributed by atoms with Crippen LogP contribution in [0.25, 0.3) is 0 Å². The van der Waals surface area contributed by atoms with Crippen molar-refractivity contribution in [2.45, 2.75) is 48.8 Å². The Kier molecular flexibility index (Phi) is 10.1. The molecule has 0 saturated carbocycles. The zero-order valence-corrected chi connectivity index (χ0v) is 12.5. The standard InChI is InChI=1S/C12H23NO11/c14-1-4(7(19)8(20)5(17)2-15)13-12(24)11(23)10(22)9(21)6(18)3-16/h1,4-11,15-23H,2-3H2,(H,13,24)/t4-,5-,6-,7-,8+,9-,10-,11-/m1/s1. The van der Waals surface area contributed by atoms with Crippen LogP contribution in [0, 0.1) is 0 Å². The Hall–Kier alpha value is -1.22. The third kappa shape index (κ3) is 6.01. The van der Waals surface area contributed by atoms with E-state index in [-0.39, 0.29) is 6.29 Å². The molecule has 12 heteroatoms. The van der Waals surface area contributed by atoms with Gasteiger partial charge in [0.25, 0.3) is 5.91 Å². The van der Waals surface area contributed by atoms with Crippen LogP contribution in [-0.4, -0.2) is 120 Å². The zero-order chi connectivity index (χ0) is 19.0. The van der Waals surface area contributed by atoms with E-state index in [9.17, 15) is 40.2 Å². The second kappa shape index (κ2) is 10.6. The van der Waals surface area contributed by atoms with Gasteiger partial charge in [-0.3, -0.25) is 4.79 Å². The van der Waals surface area contributed by atoms with Crippen LogP contribution in [0.1, 0.15) is 0 Å². The molecule has 10 N–H and O–H groups in total. The Morgan fingerprint density at radius 2 is 1.21 bits per heavy atom. The predicted octanol–water partition coefficient (Wildman–Crippen LogP) is -6.82. The summed E-state index contributed by atoms with van der Waals surface area (Å²) in [5.74, 6) is -1.45. The number of aliphatic hydroxyl groups excluding tert-OH is 9. The van der Waals surface area contributed by atoms with E-state index in [1.807, 2.05) is 0 Å². The lowest BCUT2D eigenvalue weighted by atomic mass is 10.00. The van der Waals surface area contributed by atoms with Gasteiger partial charge in [-0.05, 0) is 0 Å². The topological polar surface area (TPSA) is 228 Å². The Morgan fingerprint density at radius 3 is 1.58 bits per heavy atom. The highest BCUT2D eigenvalue weighted by Crippen LogP contribution is 2.08. The minimum absolute atomic E-state index is 0.0337. The number of rotatable bonds is 11. The fourth-order valence-corrected chi connectivity index (χ4v) is 1.68. The Bertz CT molecular complexity index is 395. The van der Waals surface area contributed by atoms with Crippen molar-refractivity contribution < 1.29 is 55.5 Å². The van der Waals surface area contributed by atoms with Gasteiger partial charge in [-0.25, -0.2) is 0 Å². The number of aldehydes is 1. The van der Waals surface area contributed by atoms with Gasteiger partial charge in [0, 0.05) is 0 Å². The molecule has 0 fully saturated rings. The van der Waals surface area contributed by atoms with Crippen LogP contribution in [0.15, 0.2) is 0 Å². The Balaban J connectivity index is 4.89. The molecule has 12 nitrogen and oxygen atoms in total. The van der Waals surface area contributed by atoms with Crippen LogP contribution >= 0.6 is 0 Å². The smallest absolute Gasteiger partial charge is 0.252 e. The van der Waals surface area contributed by atoms with E-state index in [4.69, 9.17) is 15.3 Å². The van der Waals surface area contributed by atoms with Crippen LogP contribution in [0.3, 0.4) is 0 Å². The summed E-state index contributed by atoms with van der Waals surface area (Å²) in [6.07, 6.45) is -14.4. The quantitative estimate of drug-likeness (QED) is 0.156. The third-order valence-electron chi connectivity index (χ3n) is 3.28. The van der Waals surface area contributed by atoms with E-state index >= 15 is 0 Å². The van der Waals surface area contributed by atoms with Crippen molar-refractivity contribution in [3.05, 3.63) is 0 Å². The number of nitrogens with one attached hydrogen (secondary N) is 1. The zero-order valence-electron chi connectivity index (χ0n) is 12.5. The first-order valence-electron chi connectivity index (χ1n) is 6.86. The van der Waals surface area contributed by atoms with E-state index in [0.717, 1.165) is 0 Å². The van der Waals surface area contributed by atoms with Crippen molar-refractivity contribution in [2.24, 2.45) is 0 Å². The highest BCUT2D eigenvalue weighted by Gasteiger charge is 2.37. The molecule has 0 aromatic carbocycles. The fourth-order valence-electron chi connectivity index (χ4n) is 1.68. The summed E-state index contributed by atoms with van der Waals surface area (Å²) in [6.45, 7) is -1.90. The molecule has 24 heavy (non-hydrogen) atoms. The van der Waals surface area contributed by atoms with E-state index in [2.05, 4.69) is 0 Å². The molecule has 0 aliphatic rings. The minimum Gasteiger partial charge on any atom is -0.394 e. The molecule has 0 rings (SSSR count). The number of amides is 1. The van der Waals surface area contributed by atoms with Crippen LogP contribution in [0.4, 0.5) is 0 Å². The molecule has 0 unspecified atom stereocenters. The molecule has 0 bridgehead atoms. The van der Waals surface area contributed by atoms with E-state index in [1.165, 1.54) is 0 Å². The molecule has 8 atom stereocenters. The maximum Gasteiger partial charge on any atom is 0.252 e. The average molecular weight is 357 g/mol. The molecule has 0 aliphatic carbocycles. The molecule has 0 aromatic rings. The van der Waals surface area contributed by atoms with Gasteiger partial charge < -0.3 is 56.1 Å². The SMILES string of the molecule is O=C[C@@H](NC(=O)[C@H](O)[C@H](O)[C@H](O)[C@H](O)CO)[C@@H](O)[C@@H](O)[C@H](O)CO. The first-order valence-corrected chi connectivity index (χ1v) is 6.86. The molecule has 1 amide bonds. The maximum atomic E-state index is 11.7. The number of hydrogen-bond acceptors (Lipinski definition) is 11. The largest absolute Gasteiger partial charge is 0.394 e. The van der Waals surface area contributed by atoms with Crippen molar-refractivity contribution in [2.75, 3.05) is 13.2 Å². The molecular weight excluding hydrogens is 334 g/mol. The molecular formula is C12H23NO11. The Labute approximate surface area is 136 Å². The summed E-state index contributed by atoms with van der Waals surface area (Å²) in [7, 11) is 0. The van der Waals surface area contributed by atoms with Gasteiger partial charge in [-0.2, -0.15) is 0 Å². The van der Waals surface area contributed by atoms with Crippen LogP contribution < -0.4 is 5.32 Å². The van der Waals surface area contributed by atoms with Gasteiger partial charge >= 0.3 is 0 Å². The maximum absolute atomic E-state index is 11.7. The van der Waals surface area contributed by atoms with Gasteiger partial charge in [-0.15, -0.1) is 0 Å². The third-order valence-corrected chi connectivity index (χ3v) is 3.28. The van der Waals surface area contributed by atoms with Gasteiger partial charge in [0.15, 0.2) is 6.10 Å². The lowest BCUT2D eigenvalue weighted by Crippen LogP contribution is -2.58. The van der Waals surface area contributed by atoms with Gasteiger partial charge in [0.05, 0.1) is 13.2 Å². The van der Waals surface area contributed by atoms with Crippen molar-refractivity contribution in [1.82, 2.24) is 5.32 Å². The first-order chi connectivity index (χ1) is 11.1. The summed E-state index contributed by atoms with van der Waals surface area (Å²) in [6, 6.07) is -1.82. The van der Waals surface area contributed by atoms with E-state index < -0.39 is 67.9 Å². The highest BCUT2D eigenvalue weighted by molar-refractivity contribution is 5.84. The fraction of sp³-hybridized carbons (Fsp3) is 0.833. The summed E-state index contributed by atoms with van der Waals surface area (Å²) in [4.78, 5) is 22.6. The van der Waals surface area contributed by atoms with E-state index in [0.29, 0.717) is 0 Å². The monoisotopic (exact) mass is 357 g/mol. The van der Waals surface area contributed by atoms with Crippen LogP contribution in [0.2, 0.25) is 0 Å². The number of aliphatic hydroxyl groups is 9. The van der Waals surface area contributed by atoms with Crippen LogP contribution in [0.5, 0.6) is 0 Å². The second-order valence-electron chi connectivity index (χ2n) is 5.08. The van der Waals surface area contributed by atoms with Gasteiger partial charge in [0.2, 0.25) is 0 Å². The molecule has 0 heterocycles. The lowest BCUT2D eigenvalue weighted by molar-refractivity contribution is -0.152. The average Bonchev–Trinajstić information content (AvgIpc) is 2.60. The number of hydrogen-bond donors (Lipinski definition) is 10. The van der Waals surface area contributed by atoms with Crippen LogP contribution in [-0.2, 0) is 9.59 Å². The number of carbonyl (C=O) groups excluding carboxylic acids is 2. The van der Waals surface area contributed by atoms with Crippen molar-refractivity contribution in [3.8, 4) is 0 Å². The lowest BCUT2D eigenvalue weighted by Gasteiger charge is -2.29. The molecule has 0 radical (unpaired) electrons. The second-order valence-corrected chi connectivity index (χ2v) is 5.08. The molecule has 0 aliphatic heterocycles. The Morgan fingerprint density at radius 1 is 0.792 bits per heavy atom. The molecule has 142 valence electrons. The molecule has 0 saturated heterocycles. The summed E-state index contributed by atoms with van der Waals surface area (Å²) >= 11 is 0. The molecule has 0 aromatic heterocycles. The van der Waals surface area contributed by atoms with Crippen molar-refractivity contribution in [3.63, 3.8) is 0 Å². The van der Waals surface area contributed by atoms with E-state index in [1.54, 1.807) is 5.32 Å². The predicted molar refractivity (Wildman–Crippen MR) is 74.2 cm³/mol. The minimum atomic E-state index is -2.35. The number of carbonyl (C=O) groups is 2. The molecule has 0 spiro atoms. The van der Waals surface area contributed by atoms with Gasteiger partial charge in [-0.1, -0.05) is 0 Å². The summed E-state index contributed by atoms with van der Waals surface area (Å²) in [5, 5.41) is 84.9. The normalized spacial score (nSPS) is 21.7. The highest BCUT2D eigenvalue weighted by atomic mass is 16.4. The first kappa shape index (κ1) is 22.8. The van der Waals surface area contributed by atoms with Gasteiger partial charge in [0.1, 0.15) is 49.0 Å². The van der Waals surface area contributed by atoms with Crippen molar-refractivity contribution >= 4 is 12.2 Å². The van der Waals surface area contributed by atoms with Crippen molar-refractivity contribution in [1.29, 1.82) is 0 Å². The summed E-state index contributed by atoms with van der Waals surface area (Å²) in [5.41, 5.74) is 0.